The smallest absolute Gasteiger partial charge is 0.363 e. The van der Waals surface area contributed by atoms with Gasteiger partial charge in [0.2, 0.25) is 0 Å². The Hall–Kier alpha value is -2.13. The monoisotopic (exact) mass is 420 g/mol. The second-order valence-corrected chi connectivity index (χ2v) is 6.40. The molecule has 11 heteroatoms. The summed E-state index contributed by atoms with van der Waals surface area (Å²) < 4.78 is 61.9. The normalized spacial score (nSPS) is 23.1. The molecule has 2 rings (SSSR count). The number of hydrogen-bond donors (Lipinski definition) is 1. The van der Waals surface area contributed by atoms with E-state index in [9.17, 15) is 22.8 Å². The van der Waals surface area contributed by atoms with Gasteiger partial charge in [0.15, 0.2) is 6.29 Å². The van der Waals surface area contributed by atoms with Crippen LogP contribution in [0.2, 0.25) is 0 Å². The maximum Gasteiger partial charge on any atom is 0.423 e. The predicted molar refractivity (Wildman–Crippen MR) is 95.1 cm³/mol. The molecule has 0 aromatic carbocycles. The highest BCUT2D eigenvalue weighted by Gasteiger charge is 2.40. The minimum absolute atomic E-state index is 0.0147. The quantitative estimate of drug-likeness (QED) is 0.483. The number of terminal acetylenes is 1. The lowest BCUT2D eigenvalue weighted by atomic mass is 10.2. The Morgan fingerprint density at radius 3 is 2.76 bits per heavy atom. The average Bonchev–Trinajstić information content (AvgIpc) is 3.04. The van der Waals surface area contributed by atoms with Crippen molar-refractivity contribution in [3.63, 3.8) is 0 Å². The molecule has 4 atom stereocenters. The highest BCUT2D eigenvalue weighted by atomic mass is 19.4. The number of ether oxygens (including phenoxy) is 4. The van der Waals surface area contributed by atoms with Crippen LogP contribution in [-0.2, 0) is 25.1 Å². The molecular weight excluding hydrogens is 397 g/mol. The predicted octanol–water partition coefficient (Wildman–Crippen LogP) is 1.65. The zero-order valence-corrected chi connectivity index (χ0v) is 16.0. The lowest BCUT2D eigenvalue weighted by Crippen LogP contribution is -2.36. The lowest BCUT2D eigenvalue weighted by molar-refractivity contribution is -0.164. The maximum absolute atomic E-state index is 13.0. The fourth-order valence-corrected chi connectivity index (χ4v) is 2.82. The van der Waals surface area contributed by atoms with Gasteiger partial charge in [0.25, 0.3) is 5.56 Å². The van der Waals surface area contributed by atoms with Crippen LogP contribution < -0.4 is 11.2 Å². The molecule has 8 nitrogen and oxygen atoms in total. The van der Waals surface area contributed by atoms with E-state index in [0.717, 1.165) is 6.42 Å². The van der Waals surface area contributed by atoms with E-state index in [2.05, 4.69) is 5.92 Å². The number of H-pyrrole nitrogens is 1. The molecule has 0 saturated carbocycles. The fourth-order valence-electron chi connectivity index (χ4n) is 2.82. The zero-order chi connectivity index (χ0) is 21.6. The molecule has 162 valence electrons. The van der Waals surface area contributed by atoms with Crippen molar-refractivity contribution in [1.29, 1.82) is 0 Å². The number of halogens is 3. The molecule has 0 radical (unpaired) electrons. The SMILES string of the molecule is C#CCO[C@H]1C[C@H](n2cc(C(F)(F)F)c(=O)[nH]c2=O)O[C@@H]1COC(C)OCCC. The number of aromatic amines is 1. The van der Waals surface area contributed by atoms with E-state index in [0.29, 0.717) is 17.4 Å². The van der Waals surface area contributed by atoms with Gasteiger partial charge in [-0.25, -0.2) is 4.79 Å². The summed E-state index contributed by atoms with van der Waals surface area (Å²) >= 11 is 0. The highest BCUT2D eigenvalue weighted by Crippen LogP contribution is 2.32. The third-order valence-electron chi connectivity index (χ3n) is 4.20. The van der Waals surface area contributed by atoms with Crippen LogP contribution in [0.3, 0.4) is 0 Å². The Morgan fingerprint density at radius 1 is 1.41 bits per heavy atom. The van der Waals surface area contributed by atoms with Crippen LogP contribution in [0.4, 0.5) is 13.2 Å². The molecule has 0 bridgehead atoms. The van der Waals surface area contributed by atoms with E-state index in [4.69, 9.17) is 25.4 Å². The standard InChI is InChI=1S/C18H23F3N2O6/c1-4-6-26-11(3)28-10-14-13(27-7-5-2)8-15(29-14)23-9-12(18(19,20)21)16(24)22-17(23)25/h2,9,11,13-15H,4,6-8,10H2,1,3H3,(H,22,24,25)/t11?,13-,14+,15+/m0/s1. The molecule has 0 aliphatic carbocycles. The van der Waals surface area contributed by atoms with Crippen molar-refractivity contribution in [2.24, 2.45) is 0 Å². The van der Waals surface area contributed by atoms with Crippen molar-refractivity contribution in [1.82, 2.24) is 9.55 Å². The van der Waals surface area contributed by atoms with Gasteiger partial charge in [-0.15, -0.1) is 6.42 Å². The van der Waals surface area contributed by atoms with Crippen LogP contribution in [0.15, 0.2) is 15.8 Å². The van der Waals surface area contributed by atoms with Gasteiger partial charge >= 0.3 is 11.9 Å². The van der Waals surface area contributed by atoms with Crippen LogP contribution in [0.25, 0.3) is 0 Å². The average molecular weight is 420 g/mol. The number of rotatable bonds is 9. The second-order valence-electron chi connectivity index (χ2n) is 6.40. The summed E-state index contributed by atoms with van der Waals surface area (Å²) in [5.41, 5.74) is -4.04. The maximum atomic E-state index is 13.0. The molecular formula is C18H23F3N2O6. The van der Waals surface area contributed by atoms with Crippen LogP contribution in [0, 0.1) is 12.3 Å². The topological polar surface area (TPSA) is 91.8 Å². The summed E-state index contributed by atoms with van der Waals surface area (Å²) in [6, 6.07) is 0. The summed E-state index contributed by atoms with van der Waals surface area (Å²) in [5.74, 6) is 2.30. The minimum Gasteiger partial charge on any atom is -0.363 e. The Balaban J connectivity index is 2.19. The van der Waals surface area contributed by atoms with Crippen LogP contribution in [0.1, 0.15) is 38.5 Å². The van der Waals surface area contributed by atoms with Gasteiger partial charge in [0, 0.05) is 19.2 Å². The second kappa shape index (κ2) is 10.1. The molecule has 0 amide bonds. The van der Waals surface area contributed by atoms with Crippen molar-refractivity contribution in [3.8, 4) is 12.3 Å². The van der Waals surface area contributed by atoms with Gasteiger partial charge in [-0.05, 0) is 13.3 Å². The third-order valence-corrected chi connectivity index (χ3v) is 4.20. The number of aromatic nitrogens is 2. The van der Waals surface area contributed by atoms with E-state index in [-0.39, 0.29) is 19.6 Å². The van der Waals surface area contributed by atoms with E-state index in [1.165, 1.54) is 0 Å². The summed E-state index contributed by atoms with van der Waals surface area (Å²) in [6.45, 7) is 4.10. The first-order valence-corrected chi connectivity index (χ1v) is 9.03. The molecule has 1 fully saturated rings. The highest BCUT2D eigenvalue weighted by molar-refractivity contribution is 5.09. The van der Waals surface area contributed by atoms with Crippen molar-refractivity contribution >= 4 is 0 Å². The van der Waals surface area contributed by atoms with Crippen LogP contribution in [-0.4, -0.2) is 47.9 Å². The van der Waals surface area contributed by atoms with E-state index in [1.54, 1.807) is 11.9 Å². The van der Waals surface area contributed by atoms with E-state index in [1.807, 2.05) is 6.92 Å². The van der Waals surface area contributed by atoms with Crippen LogP contribution >= 0.6 is 0 Å². The van der Waals surface area contributed by atoms with Crippen LogP contribution in [0.5, 0.6) is 0 Å². The van der Waals surface area contributed by atoms with Gasteiger partial charge in [0.1, 0.15) is 24.5 Å². The first-order chi connectivity index (χ1) is 13.7. The van der Waals surface area contributed by atoms with Crippen molar-refractivity contribution in [2.45, 2.75) is 57.6 Å². The van der Waals surface area contributed by atoms with Gasteiger partial charge < -0.3 is 18.9 Å². The molecule has 1 aromatic heterocycles. The van der Waals surface area contributed by atoms with Gasteiger partial charge in [-0.3, -0.25) is 14.3 Å². The van der Waals surface area contributed by atoms with Gasteiger partial charge in [-0.2, -0.15) is 13.2 Å². The Morgan fingerprint density at radius 2 is 2.14 bits per heavy atom. The molecule has 1 N–H and O–H groups in total. The number of nitrogens with zero attached hydrogens (tertiary/aromatic N) is 1. The Kier molecular flexibility index (Phi) is 8.04. The van der Waals surface area contributed by atoms with Gasteiger partial charge in [-0.1, -0.05) is 12.8 Å². The first kappa shape index (κ1) is 23.2. The summed E-state index contributed by atoms with van der Waals surface area (Å²) in [4.78, 5) is 25.2. The summed E-state index contributed by atoms with van der Waals surface area (Å²) in [5, 5.41) is 0. The van der Waals surface area contributed by atoms with Crippen molar-refractivity contribution in [2.75, 3.05) is 19.8 Å². The number of alkyl halides is 3. The summed E-state index contributed by atoms with van der Waals surface area (Å²) in [7, 11) is 0. The first-order valence-electron chi connectivity index (χ1n) is 9.03. The fraction of sp³-hybridized carbons (Fsp3) is 0.667. The lowest BCUT2D eigenvalue weighted by Gasteiger charge is -2.21. The largest absolute Gasteiger partial charge is 0.423 e. The third kappa shape index (κ3) is 6.17. The van der Waals surface area contributed by atoms with Crippen molar-refractivity contribution < 1.29 is 32.1 Å². The molecule has 0 spiro atoms. The minimum atomic E-state index is -4.92. The molecule has 1 saturated heterocycles. The number of hydrogen-bond acceptors (Lipinski definition) is 6. The molecule has 1 aliphatic heterocycles. The zero-order valence-electron chi connectivity index (χ0n) is 16.0. The van der Waals surface area contributed by atoms with E-state index < -0.39 is 47.7 Å². The molecule has 1 aromatic rings. The Bertz CT molecular complexity index is 829. The Labute approximate surface area is 164 Å². The summed E-state index contributed by atoms with van der Waals surface area (Å²) in [6.07, 6.45) is -1.37. The molecule has 1 unspecified atom stereocenters. The van der Waals surface area contributed by atoms with Crippen molar-refractivity contribution in [3.05, 3.63) is 32.6 Å². The molecule has 29 heavy (non-hydrogen) atoms. The van der Waals surface area contributed by atoms with Gasteiger partial charge in [0.05, 0.1) is 12.7 Å². The molecule has 2 heterocycles. The number of nitrogens with one attached hydrogen (secondary N) is 1. The van der Waals surface area contributed by atoms with E-state index >= 15 is 0 Å². The molecule has 1 aliphatic rings.